The van der Waals surface area contributed by atoms with Crippen molar-refractivity contribution in [2.24, 2.45) is 0 Å². The van der Waals surface area contributed by atoms with Crippen LogP contribution in [0.2, 0.25) is 5.02 Å². The quantitative estimate of drug-likeness (QED) is 0.614. The number of carbonyl (C=O) groups excluding carboxylic acids is 1. The van der Waals surface area contributed by atoms with E-state index in [1.54, 1.807) is 17.7 Å². The average molecular weight is 389 g/mol. The standard InChI is InChI=1S/C20H18ClFN2O3/c1-3-26-20(25)19-11(2)17-16(27-19)7-5-13-10-24(23-18(13)17)9-12-4-6-14(22)8-15(12)21/h4,6,8,10H,3,5,7,9H2,1-2H3. The van der Waals surface area contributed by atoms with Crippen molar-refractivity contribution in [2.45, 2.75) is 33.2 Å². The van der Waals surface area contributed by atoms with Crippen LogP contribution in [0.3, 0.4) is 0 Å². The first-order chi connectivity index (χ1) is 13.0. The Kier molecular flexibility index (Phi) is 4.52. The highest BCUT2D eigenvalue weighted by atomic mass is 35.5. The minimum Gasteiger partial charge on any atom is -0.460 e. The number of benzene rings is 1. The molecule has 140 valence electrons. The van der Waals surface area contributed by atoms with Gasteiger partial charge in [-0.3, -0.25) is 4.68 Å². The van der Waals surface area contributed by atoms with E-state index in [2.05, 4.69) is 5.10 Å². The summed E-state index contributed by atoms with van der Waals surface area (Å²) in [6.07, 6.45) is 3.44. The normalized spacial score (nSPS) is 12.6. The minimum atomic E-state index is -0.455. The van der Waals surface area contributed by atoms with Gasteiger partial charge in [0.15, 0.2) is 0 Å². The van der Waals surface area contributed by atoms with Crippen LogP contribution < -0.4 is 0 Å². The summed E-state index contributed by atoms with van der Waals surface area (Å²) in [6.45, 7) is 4.33. The van der Waals surface area contributed by atoms with Gasteiger partial charge in [-0.05, 0) is 43.5 Å². The molecule has 2 heterocycles. The third-order valence-electron chi connectivity index (χ3n) is 4.72. The first kappa shape index (κ1) is 17.8. The number of aryl methyl sites for hydroxylation is 2. The van der Waals surface area contributed by atoms with Crippen LogP contribution in [0, 0.1) is 12.7 Å². The molecule has 27 heavy (non-hydrogen) atoms. The molecule has 7 heteroatoms. The Morgan fingerprint density at radius 3 is 2.96 bits per heavy atom. The Morgan fingerprint density at radius 1 is 1.41 bits per heavy atom. The zero-order valence-corrected chi connectivity index (χ0v) is 15.8. The number of esters is 1. The van der Waals surface area contributed by atoms with Crippen molar-refractivity contribution >= 4 is 17.6 Å². The third kappa shape index (κ3) is 3.14. The van der Waals surface area contributed by atoms with Gasteiger partial charge in [0.1, 0.15) is 11.6 Å². The van der Waals surface area contributed by atoms with Gasteiger partial charge in [-0.25, -0.2) is 9.18 Å². The molecular weight excluding hydrogens is 371 g/mol. The van der Waals surface area contributed by atoms with E-state index in [9.17, 15) is 9.18 Å². The molecule has 0 amide bonds. The molecule has 0 N–H and O–H groups in total. The predicted octanol–water partition coefficient (Wildman–Crippen LogP) is 4.57. The summed E-state index contributed by atoms with van der Waals surface area (Å²) >= 11 is 6.13. The molecule has 5 nitrogen and oxygen atoms in total. The Labute approximate surface area is 160 Å². The van der Waals surface area contributed by atoms with Crippen LogP contribution in [0.5, 0.6) is 0 Å². The van der Waals surface area contributed by atoms with Crippen LogP contribution in [0.1, 0.15) is 39.9 Å². The molecule has 0 saturated heterocycles. The number of hydrogen-bond donors (Lipinski definition) is 0. The summed E-state index contributed by atoms with van der Waals surface area (Å²) in [5.41, 5.74) is 4.29. The lowest BCUT2D eigenvalue weighted by atomic mass is 9.94. The highest BCUT2D eigenvalue weighted by Crippen LogP contribution is 2.38. The van der Waals surface area contributed by atoms with E-state index in [1.807, 2.05) is 13.1 Å². The van der Waals surface area contributed by atoms with E-state index in [4.69, 9.17) is 20.8 Å². The van der Waals surface area contributed by atoms with Gasteiger partial charge in [0.25, 0.3) is 0 Å². The fourth-order valence-corrected chi connectivity index (χ4v) is 3.69. The second-order valence-electron chi connectivity index (χ2n) is 6.51. The molecule has 0 aliphatic heterocycles. The molecule has 1 aliphatic carbocycles. The van der Waals surface area contributed by atoms with E-state index < -0.39 is 5.97 Å². The number of aromatic nitrogens is 2. The van der Waals surface area contributed by atoms with Crippen molar-refractivity contribution in [2.75, 3.05) is 6.61 Å². The zero-order valence-electron chi connectivity index (χ0n) is 15.0. The van der Waals surface area contributed by atoms with Gasteiger partial charge in [0.2, 0.25) is 5.76 Å². The average Bonchev–Trinajstić information content (AvgIpc) is 3.18. The molecule has 4 rings (SSSR count). The highest BCUT2D eigenvalue weighted by molar-refractivity contribution is 6.31. The molecule has 1 aromatic carbocycles. The van der Waals surface area contributed by atoms with E-state index in [0.717, 1.165) is 40.1 Å². The lowest BCUT2D eigenvalue weighted by molar-refractivity contribution is 0.0487. The Balaban J connectivity index is 1.70. The molecule has 0 fully saturated rings. The minimum absolute atomic E-state index is 0.242. The first-order valence-corrected chi connectivity index (χ1v) is 9.15. The van der Waals surface area contributed by atoms with Crippen LogP contribution in [-0.2, 0) is 24.1 Å². The molecule has 0 spiro atoms. The summed E-state index contributed by atoms with van der Waals surface area (Å²) in [7, 11) is 0. The molecule has 0 saturated carbocycles. The van der Waals surface area contributed by atoms with Crippen molar-refractivity contribution in [1.82, 2.24) is 9.78 Å². The van der Waals surface area contributed by atoms with Gasteiger partial charge in [-0.15, -0.1) is 0 Å². The van der Waals surface area contributed by atoms with Gasteiger partial charge < -0.3 is 9.15 Å². The maximum atomic E-state index is 13.2. The predicted molar refractivity (Wildman–Crippen MR) is 98.5 cm³/mol. The number of hydrogen-bond acceptors (Lipinski definition) is 4. The van der Waals surface area contributed by atoms with E-state index >= 15 is 0 Å². The summed E-state index contributed by atoms with van der Waals surface area (Å²) in [6, 6.07) is 4.34. The number of nitrogens with zero attached hydrogens (tertiary/aromatic N) is 2. The molecule has 2 aromatic heterocycles. The molecule has 0 atom stereocenters. The maximum absolute atomic E-state index is 13.2. The van der Waals surface area contributed by atoms with E-state index in [1.165, 1.54) is 12.1 Å². The summed E-state index contributed by atoms with van der Waals surface area (Å²) in [5, 5.41) is 5.05. The largest absolute Gasteiger partial charge is 0.460 e. The SMILES string of the molecule is CCOC(=O)c1oc2c(c1C)-c1nn(Cc3ccc(F)cc3Cl)cc1CC2. The van der Waals surface area contributed by atoms with Crippen LogP contribution >= 0.6 is 11.6 Å². The maximum Gasteiger partial charge on any atom is 0.374 e. The number of halogens is 2. The second kappa shape index (κ2) is 6.85. The Bertz CT molecular complexity index is 1040. The van der Waals surface area contributed by atoms with Crippen LogP contribution in [0.15, 0.2) is 28.8 Å². The monoisotopic (exact) mass is 388 g/mol. The molecule has 0 unspecified atom stereocenters. The smallest absolute Gasteiger partial charge is 0.374 e. The summed E-state index contributed by atoms with van der Waals surface area (Å²) < 4.78 is 25.9. The number of ether oxygens (including phenoxy) is 1. The van der Waals surface area contributed by atoms with Crippen molar-refractivity contribution in [3.05, 3.63) is 63.4 Å². The Morgan fingerprint density at radius 2 is 2.22 bits per heavy atom. The van der Waals surface area contributed by atoms with Gasteiger partial charge in [-0.1, -0.05) is 17.7 Å². The molecule has 1 aliphatic rings. The first-order valence-electron chi connectivity index (χ1n) is 8.78. The number of rotatable bonds is 4. The fourth-order valence-electron chi connectivity index (χ4n) is 3.46. The molecular formula is C20H18ClFN2O3. The third-order valence-corrected chi connectivity index (χ3v) is 5.08. The lowest BCUT2D eigenvalue weighted by Crippen LogP contribution is -2.05. The van der Waals surface area contributed by atoms with Crippen molar-refractivity contribution < 1.29 is 18.3 Å². The number of furan rings is 1. The van der Waals surface area contributed by atoms with Gasteiger partial charge >= 0.3 is 5.97 Å². The topological polar surface area (TPSA) is 57.3 Å². The number of carbonyl (C=O) groups is 1. The highest BCUT2D eigenvalue weighted by Gasteiger charge is 2.30. The van der Waals surface area contributed by atoms with Crippen molar-refractivity contribution in [1.29, 1.82) is 0 Å². The zero-order chi connectivity index (χ0) is 19.1. The van der Waals surface area contributed by atoms with E-state index in [0.29, 0.717) is 24.6 Å². The summed E-state index contributed by atoms with van der Waals surface area (Å²) in [5.74, 6) is 0.177. The van der Waals surface area contributed by atoms with Crippen molar-refractivity contribution in [3.8, 4) is 11.3 Å². The molecule has 0 radical (unpaired) electrons. The van der Waals surface area contributed by atoms with Crippen LogP contribution in [0.4, 0.5) is 4.39 Å². The fraction of sp³-hybridized carbons (Fsp3) is 0.300. The Hall–Kier alpha value is -2.60. The molecule has 0 bridgehead atoms. The van der Waals surface area contributed by atoms with Gasteiger partial charge in [0.05, 0.1) is 18.8 Å². The van der Waals surface area contributed by atoms with Gasteiger partial charge in [-0.2, -0.15) is 5.10 Å². The van der Waals surface area contributed by atoms with Gasteiger partial charge in [0, 0.05) is 28.8 Å². The number of fused-ring (bicyclic) bond motifs is 3. The van der Waals surface area contributed by atoms with Crippen LogP contribution in [0.25, 0.3) is 11.3 Å². The van der Waals surface area contributed by atoms with E-state index in [-0.39, 0.29) is 11.6 Å². The second-order valence-corrected chi connectivity index (χ2v) is 6.92. The summed E-state index contributed by atoms with van der Waals surface area (Å²) in [4.78, 5) is 12.1. The van der Waals surface area contributed by atoms with Crippen molar-refractivity contribution in [3.63, 3.8) is 0 Å². The van der Waals surface area contributed by atoms with Crippen LogP contribution in [-0.4, -0.2) is 22.4 Å². The lowest BCUT2D eigenvalue weighted by Gasteiger charge is -2.09. The molecule has 3 aromatic rings.